The summed E-state index contributed by atoms with van der Waals surface area (Å²) >= 11 is 0. The van der Waals surface area contributed by atoms with Crippen LogP contribution in [0.15, 0.2) is 0 Å². The van der Waals surface area contributed by atoms with Crippen LogP contribution in [0.2, 0.25) is 0 Å². The van der Waals surface area contributed by atoms with Crippen molar-refractivity contribution in [1.82, 2.24) is 9.80 Å². The van der Waals surface area contributed by atoms with E-state index in [1.54, 1.807) is 21.3 Å². The summed E-state index contributed by atoms with van der Waals surface area (Å²) in [5.41, 5.74) is 0. The molecular weight excluding hydrogens is 248 g/mol. The van der Waals surface area contributed by atoms with Gasteiger partial charge >= 0.3 is 8.80 Å². The summed E-state index contributed by atoms with van der Waals surface area (Å²) in [5, 5.41) is 0. The van der Waals surface area contributed by atoms with Crippen LogP contribution in [0.3, 0.4) is 0 Å². The van der Waals surface area contributed by atoms with E-state index in [9.17, 15) is 0 Å². The zero-order valence-electron chi connectivity index (χ0n) is 12.3. The van der Waals surface area contributed by atoms with Crippen LogP contribution in [0.5, 0.6) is 0 Å². The minimum atomic E-state index is -2.44. The van der Waals surface area contributed by atoms with Crippen molar-refractivity contribution < 1.29 is 13.3 Å². The van der Waals surface area contributed by atoms with Crippen LogP contribution in [0.25, 0.3) is 0 Å². The van der Waals surface area contributed by atoms with Crippen LogP contribution < -0.4 is 0 Å². The molecule has 1 aliphatic heterocycles. The highest BCUT2D eigenvalue weighted by Gasteiger charge is 2.40. The lowest BCUT2D eigenvalue weighted by atomic mass is 10.3. The monoisotopic (exact) mass is 276 g/mol. The number of nitrogens with zero attached hydrogens (tertiary/aromatic N) is 2. The van der Waals surface area contributed by atoms with Gasteiger partial charge in [0.25, 0.3) is 0 Å². The Bertz CT molecular complexity index is 211. The van der Waals surface area contributed by atoms with Crippen molar-refractivity contribution in [1.29, 1.82) is 0 Å². The molecule has 1 fully saturated rings. The average Bonchev–Trinajstić information content (AvgIpc) is 2.44. The van der Waals surface area contributed by atoms with E-state index in [1.165, 1.54) is 19.4 Å². The molecule has 0 aromatic heterocycles. The van der Waals surface area contributed by atoms with Gasteiger partial charge in [-0.1, -0.05) is 13.3 Å². The Kier molecular flexibility index (Phi) is 7.36. The van der Waals surface area contributed by atoms with Crippen LogP contribution in [0.4, 0.5) is 0 Å². The SMILES string of the molecule is CCCCN1CCN(C[Si](OC)(OC)OC)CC1. The molecule has 1 heterocycles. The summed E-state index contributed by atoms with van der Waals surface area (Å²) in [6.45, 7) is 7.91. The predicted octanol–water partition coefficient (Wildman–Crippen LogP) is 0.821. The Balaban J connectivity index is 2.34. The van der Waals surface area contributed by atoms with Crippen LogP contribution >= 0.6 is 0 Å². The van der Waals surface area contributed by atoms with Gasteiger partial charge in [0, 0.05) is 47.5 Å². The standard InChI is InChI=1S/C12H28N2O3Si/c1-5-6-7-13-8-10-14(11-9-13)12-18(15-2,16-3)17-4/h5-12H2,1-4H3. The maximum absolute atomic E-state index is 5.47. The maximum Gasteiger partial charge on any atom is 0.514 e. The van der Waals surface area contributed by atoms with Gasteiger partial charge in [-0.3, -0.25) is 4.90 Å². The number of hydrogen-bond acceptors (Lipinski definition) is 5. The van der Waals surface area contributed by atoms with Gasteiger partial charge in [-0.2, -0.15) is 0 Å². The number of rotatable bonds is 8. The third kappa shape index (κ3) is 4.60. The molecule has 0 N–H and O–H groups in total. The van der Waals surface area contributed by atoms with Crippen molar-refractivity contribution in [3.63, 3.8) is 0 Å². The Labute approximate surface area is 112 Å². The highest BCUT2D eigenvalue weighted by atomic mass is 28.4. The Hall–Kier alpha value is 0.0169. The second-order valence-electron chi connectivity index (χ2n) is 4.77. The van der Waals surface area contributed by atoms with Gasteiger partial charge in [0.05, 0.1) is 6.17 Å². The number of hydrogen-bond donors (Lipinski definition) is 0. The fraction of sp³-hybridized carbons (Fsp3) is 1.00. The lowest BCUT2D eigenvalue weighted by Crippen LogP contribution is -2.57. The molecule has 0 spiro atoms. The normalized spacial score (nSPS) is 19.3. The molecule has 0 radical (unpaired) electrons. The van der Waals surface area contributed by atoms with E-state index in [4.69, 9.17) is 13.3 Å². The minimum Gasteiger partial charge on any atom is -0.376 e. The molecule has 108 valence electrons. The smallest absolute Gasteiger partial charge is 0.376 e. The molecule has 0 atom stereocenters. The van der Waals surface area contributed by atoms with Crippen molar-refractivity contribution >= 4 is 8.80 Å². The molecule has 0 amide bonds. The van der Waals surface area contributed by atoms with Gasteiger partial charge in [-0.05, 0) is 13.0 Å². The molecule has 1 aliphatic rings. The van der Waals surface area contributed by atoms with Crippen LogP contribution in [0.1, 0.15) is 19.8 Å². The average molecular weight is 276 g/mol. The van der Waals surface area contributed by atoms with Gasteiger partial charge in [0.15, 0.2) is 0 Å². The molecule has 0 aliphatic carbocycles. The highest BCUT2D eigenvalue weighted by Crippen LogP contribution is 2.11. The van der Waals surface area contributed by atoms with E-state index < -0.39 is 8.80 Å². The van der Waals surface area contributed by atoms with E-state index in [0.29, 0.717) is 0 Å². The summed E-state index contributed by atoms with van der Waals surface area (Å²) in [4.78, 5) is 4.93. The minimum absolute atomic E-state index is 0.790. The second-order valence-corrected chi connectivity index (χ2v) is 7.67. The third-order valence-electron chi connectivity index (χ3n) is 3.64. The molecule has 0 saturated carbocycles. The van der Waals surface area contributed by atoms with Gasteiger partial charge in [0.2, 0.25) is 0 Å². The lowest BCUT2D eigenvalue weighted by Gasteiger charge is -2.37. The van der Waals surface area contributed by atoms with Crippen molar-refractivity contribution in [3.8, 4) is 0 Å². The molecule has 0 unspecified atom stereocenters. The molecule has 0 aromatic rings. The van der Waals surface area contributed by atoms with Crippen molar-refractivity contribution in [2.24, 2.45) is 0 Å². The first kappa shape index (κ1) is 16.1. The first-order chi connectivity index (χ1) is 8.69. The molecule has 6 heteroatoms. The van der Waals surface area contributed by atoms with Crippen LogP contribution in [0, 0.1) is 0 Å². The summed E-state index contributed by atoms with van der Waals surface area (Å²) in [5.74, 6) is 0. The first-order valence-corrected chi connectivity index (χ1v) is 8.73. The topological polar surface area (TPSA) is 34.2 Å². The van der Waals surface area contributed by atoms with Gasteiger partial charge in [0.1, 0.15) is 0 Å². The third-order valence-corrected chi connectivity index (χ3v) is 6.34. The van der Waals surface area contributed by atoms with E-state index in [1.807, 2.05) is 0 Å². The molecule has 0 aromatic carbocycles. The molecule has 1 saturated heterocycles. The van der Waals surface area contributed by atoms with E-state index >= 15 is 0 Å². The molecule has 5 nitrogen and oxygen atoms in total. The summed E-state index contributed by atoms with van der Waals surface area (Å²) in [6.07, 6.45) is 3.36. The zero-order valence-corrected chi connectivity index (χ0v) is 13.3. The molecular formula is C12H28N2O3Si. The fourth-order valence-corrected chi connectivity index (χ4v) is 4.02. The second kappa shape index (κ2) is 8.24. The summed E-state index contributed by atoms with van der Waals surface area (Å²) < 4.78 is 16.4. The van der Waals surface area contributed by atoms with E-state index in [2.05, 4.69) is 16.7 Å². The van der Waals surface area contributed by atoms with Gasteiger partial charge < -0.3 is 18.2 Å². The molecule has 0 bridgehead atoms. The molecule has 18 heavy (non-hydrogen) atoms. The number of unbranched alkanes of at least 4 members (excludes halogenated alkanes) is 1. The first-order valence-electron chi connectivity index (χ1n) is 6.80. The van der Waals surface area contributed by atoms with Crippen LogP contribution in [-0.2, 0) is 13.3 Å². The van der Waals surface area contributed by atoms with E-state index in [0.717, 1.165) is 32.3 Å². The lowest BCUT2D eigenvalue weighted by molar-refractivity contribution is 0.0823. The predicted molar refractivity (Wildman–Crippen MR) is 74.6 cm³/mol. The summed E-state index contributed by atoms with van der Waals surface area (Å²) in [6, 6.07) is 0. The molecule has 1 rings (SSSR count). The van der Waals surface area contributed by atoms with Crippen LogP contribution in [-0.4, -0.2) is 78.8 Å². The summed E-state index contributed by atoms with van der Waals surface area (Å²) in [7, 11) is 2.59. The zero-order chi connectivity index (χ0) is 13.4. The van der Waals surface area contributed by atoms with Crippen molar-refractivity contribution in [2.45, 2.75) is 19.8 Å². The Morgan fingerprint density at radius 3 is 1.83 bits per heavy atom. The van der Waals surface area contributed by atoms with Crippen molar-refractivity contribution in [2.75, 3.05) is 60.2 Å². The van der Waals surface area contributed by atoms with Gasteiger partial charge in [-0.15, -0.1) is 0 Å². The maximum atomic E-state index is 5.47. The largest absolute Gasteiger partial charge is 0.514 e. The Morgan fingerprint density at radius 2 is 1.39 bits per heavy atom. The highest BCUT2D eigenvalue weighted by molar-refractivity contribution is 6.60. The Morgan fingerprint density at radius 1 is 0.889 bits per heavy atom. The van der Waals surface area contributed by atoms with Gasteiger partial charge in [-0.25, -0.2) is 0 Å². The number of piperazine rings is 1. The van der Waals surface area contributed by atoms with E-state index in [-0.39, 0.29) is 0 Å². The quantitative estimate of drug-likeness (QED) is 0.613. The van der Waals surface area contributed by atoms with Crippen molar-refractivity contribution in [3.05, 3.63) is 0 Å². The fourth-order valence-electron chi connectivity index (χ4n) is 2.27.